The molecule has 0 aromatic carbocycles. The molecule has 0 saturated carbocycles. The Labute approximate surface area is 73.0 Å². The highest BCUT2D eigenvalue weighted by molar-refractivity contribution is 14.1. The van der Waals surface area contributed by atoms with E-state index in [1.165, 1.54) is 0 Å². The van der Waals surface area contributed by atoms with Gasteiger partial charge in [0.25, 0.3) is 0 Å². The Morgan fingerprint density at radius 2 is 2.60 bits per heavy atom. The zero-order valence-corrected chi connectivity index (χ0v) is 7.58. The zero-order valence-electron chi connectivity index (χ0n) is 5.43. The number of rotatable bonds is 0. The van der Waals surface area contributed by atoms with E-state index < -0.39 is 0 Å². The predicted molar refractivity (Wildman–Crippen MR) is 47.7 cm³/mol. The minimum atomic E-state index is 0.229. The standard InChI is InChI=1S/C6H6IN3/c1-4-5(7)3-9-6(2-8)10-4/h3-4H,1H3,(H,9,10). The third-order valence-corrected chi connectivity index (χ3v) is 2.40. The smallest absolute Gasteiger partial charge is 0.206 e. The Morgan fingerprint density at radius 3 is 3.10 bits per heavy atom. The van der Waals surface area contributed by atoms with Gasteiger partial charge in [-0.3, -0.25) is 0 Å². The van der Waals surface area contributed by atoms with E-state index in [2.05, 4.69) is 32.9 Å². The van der Waals surface area contributed by atoms with Crippen molar-refractivity contribution < 1.29 is 0 Å². The third-order valence-electron chi connectivity index (χ3n) is 1.19. The molecule has 3 nitrogen and oxygen atoms in total. The van der Waals surface area contributed by atoms with E-state index >= 15 is 0 Å². The van der Waals surface area contributed by atoms with Gasteiger partial charge in [0.2, 0.25) is 5.84 Å². The van der Waals surface area contributed by atoms with Gasteiger partial charge in [-0.2, -0.15) is 5.26 Å². The molecule has 0 aromatic heterocycles. The molecule has 0 spiro atoms. The Bertz CT molecular complexity index is 236. The largest absolute Gasteiger partial charge is 0.354 e. The van der Waals surface area contributed by atoms with Crippen LogP contribution in [0.5, 0.6) is 0 Å². The van der Waals surface area contributed by atoms with Crippen LogP contribution in [0.4, 0.5) is 0 Å². The van der Waals surface area contributed by atoms with Gasteiger partial charge >= 0.3 is 0 Å². The molecular formula is C6H6IN3. The van der Waals surface area contributed by atoms with Gasteiger partial charge in [-0.05, 0) is 29.5 Å². The fraction of sp³-hybridized carbons (Fsp3) is 0.333. The second-order valence-corrected chi connectivity index (χ2v) is 3.22. The summed E-state index contributed by atoms with van der Waals surface area (Å²) in [7, 11) is 0. The van der Waals surface area contributed by atoms with E-state index in [4.69, 9.17) is 5.26 Å². The number of amidine groups is 1. The number of hydrogen-bond donors (Lipinski definition) is 1. The molecule has 0 bridgehead atoms. The number of hydrogen-bond acceptors (Lipinski definition) is 3. The van der Waals surface area contributed by atoms with E-state index in [1.807, 2.05) is 13.0 Å². The molecule has 0 saturated heterocycles. The maximum atomic E-state index is 8.42. The molecule has 1 aliphatic rings. The lowest BCUT2D eigenvalue weighted by molar-refractivity contribution is 0.789. The first-order valence-corrected chi connectivity index (χ1v) is 3.92. The summed E-state index contributed by atoms with van der Waals surface area (Å²) >= 11 is 2.19. The maximum Gasteiger partial charge on any atom is 0.206 e. The first kappa shape index (κ1) is 7.54. The van der Waals surface area contributed by atoms with E-state index in [1.54, 1.807) is 6.20 Å². The van der Waals surface area contributed by atoms with Crippen molar-refractivity contribution in [2.45, 2.75) is 13.0 Å². The van der Waals surface area contributed by atoms with E-state index in [0.29, 0.717) is 5.84 Å². The van der Waals surface area contributed by atoms with Crippen LogP contribution in [0.2, 0.25) is 0 Å². The second-order valence-electron chi connectivity index (χ2n) is 1.97. The first-order chi connectivity index (χ1) is 4.74. The second kappa shape index (κ2) is 3.01. The van der Waals surface area contributed by atoms with E-state index in [0.717, 1.165) is 3.58 Å². The Kier molecular flexibility index (Phi) is 2.27. The van der Waals surface area contributed by atoms with Gasteiger partial charge in [0.15, 0.2) is 0 Å². The summed E-state index contributed by atoms with van der Waals surface area (Å²) in [6.07, 6.45) is 1.71. The van der Waals surface area contributed by atoms with Crippen LogP contribution in [-0.4, -0.2) is 11.9 Å². The highest BCUT2D eigenvalue weighted by Gasteiger charge is 2.11. The van der Waals surface area contributed by atoms with Crippen molar-refractivity contribution in [3.63, 3.8) is 0 Å². The predicted octanol–water partition coefficient (Wildman–Crippen LogP) is 1.18. The highest BCUT2D eigenvalue weighted by Crippen LogP contribution is 2.13. The van der Waals surface area contributed by atoms with Crippen molar-refractivity contribution in [2.75, 3.05) is 0 Å². The average molecular weight is 247 g/mol. The monoisotopic (exact) mass is 247 g/mol. The Morgan fingerprint density at radius 1 is 1.90 bits per heavy atom. The lowest BCUT2D eigenvalue weighted by Gasteiger charge is -2.15. The minimum Gasteiger partial charge on any atom is -0.354 e. The lowest BCUT2D eigenvalue weighted by atomic mass is 10.3. The molecule has 0 amide bonds. The zero-order chi connectivity index (χ0) is 7.56. The molecule has 0 aliphatic carbocycles. The molecule has 1 atom stereocenters. The van der Waals surface area contributed by atoms with E-state index in [-0.39, 0.29) is 6.04 Å². The topological polar surface area (TPSA) is 48.2 Å². The summed E-state index contributed by atoms with van der Waals surface area (Å²) in [5.74, 6) is 0.396. The summed E-state index contributed by atoms with van der Waals surface area (Å²) in [6.45, 7) is 1.99. The van der Waals surface area contributed by atoms with Crippen molar-refractivity contribution in [3.8, 4) is 6.07 Å². The average Bonchev–Trinajstić information content (AvgIpc) is 1.95. The summed E-state index contributed by atoms with van der Waals surface area (Å²) in [5, 5.41) is 11.3. The highest BCUT2D eigenvalue weighted by atomic mass is 127. The van der Waals surface area contributed by atoms with Crippen LogP contribution >= 0.6 is 22.6 Å². The lowest BCUT2D eigenvalue weighted by Crippen LogP contribution is -2.33. The van der Waals surface area contributed by atoms with Crippen molar-refractivity contribution in [1.82, 2.24) is 5.32 Å². The number of aliphatic imine (C=N–C) groups is 1. The van der Waals surface area contributed by atoms with Gasteiger partial charge in [-0.15, -0.1) is 0 Å². The molecule has 1 aliphatic heterocycles. The SMILES string of the molecule is CC1NC(C#N)=NC=C1I. The molecule has 10 heavy (non-hydrogen) atoms. The van der Waals surface area contributed by atoms with Gasteiger partial charge in [0.1, 0.15) is 6.07 Å². The Hall–Kier alpha value is -0.570. The van der Waals surface area contributed by atoms with Crippen molar-refractivity contribution >= 4 is 28.4 Å². The van der Waals surface area contributed by atoms with Crippen molar-refractivity contribution in [3.05, 3.63) is 9.78 Å². The van der Waals surface area contributed by atoms with E-state index in [9.17, 15) is 0 Å². The molecule has 0 fully saturated rings. The molecular weight excluding hydrogens is 241 g/mol. The van der Waals surface area contributed by atoms with Crippen LogP contribution < -0.4 is 5.32 Å². The fourth-order valence-electron chi connectivity index (χ4n) is 0.610. The van der Waals surface area contributed by atoms with Crippen LogP contribution in [0.25, 0.3) is 0 Å². The summed E-state index contributed by atoms with van der Waals surface area (Å²) in [4.78, 5) is 3.85. The van der Waals surface area contributed by atoms with Crippen molar-refractivity contribution in [1.29, 1.82) is 5.26 Å². The number of nitrogens with zero attached hydrogens (tertiary/aromatic N) is 2. The Balaban J connectivity index is 2.81. The normalized spacial score (nSPS) is 23.9. The number of halogens is 1. The van der Waals surface area contributed by atoms with Crippen LogP contribution in [0.15, 0.2) is 14.8 Å². The minimum absolute atomic E-state index is 0.229. The fourth-order valence-corrected chi connectivity index (χ4v) is 0.905. The first-order valence-electron chi connectivity index (χ1n) is 2.84. The quantitative estimate of drug-likeness (QED) is 0.653. The van der Waals surface area contributed by atoms with Gasteiger partial charge in [-0.25, -0.2) is 4.99 Å². The van der Waals surface area contributed by atoms with Gasteiger partial charge in [0.05, 0.1) is 6.04 Å². The summed E-state index contributed by atoms with van der Waals surface area (Å²) < 4.78 is 1.12. The molecule has 4 heteroatoms. The molecule has 52 valence electrons. The molecule has 0 radical (unpaired) electrons. The summed E-state index contributed by atoms with van der Waals surface area (Å²) in [6, 6.07) is 2.18. The van der Waals surface area contributed by atoms with Gasteiger partial charge in [0, 0.05) is 9.78 Å². The molecule has 1 unspecified atom stereocenters. The van der Waals surface area contributed by atoms with Crippen LogP contribution in [0.3, 0.4) is 0 Å². The molecule has 1 rings (SSSR count). The third kappa shape index (κ3) is 1.48. The maximum absolute atomic E-state index is 8.42. The van der Waals surface area contributed by atoms with Gasteiger partial charge in [-0.1, -0.05) is 0 Å². The van der Waals surface area contributed by atoms with Crippen LogP contribution in [0, 0.1) is 11.3 Å². The van der Waals surface area contributed by atoms with Crippen LogP contribution in [-0.2, 0) is 0 Å². The number of nitriles is 1. The van der Waals surface area contributed by atoms with Gasteiger partial charge < -0.3 is 5.32 Å². The molecule has 1 heterocycles. The van der Waals surface area contributed by atoms with Crippen LogP contribution in [0.1, 0.15) is 6.92 Å². The molecule has 1 N–H and O–H groups in total. The summed E-state index contributed by atoms with van der Waals surface area (Å²) in [5.41, 5.74) is 0. The van der Waals surface area contributed by atoms with Crippen molar-refractivity contribution in [2.24, 2.45) is 4.99 Å². The number of nitrogens with one attached hydrogen (secondary N) is 1. The molecule has 0 aromatic rings.